The lowest BCUT2D eigenvalue weighted by molar-refractivity contribution is 1.17. The molecular formula is C16H13ClN4. The zero-order valence-electron chi connectivity index (χ0n) is 11.4. The van der Waals surface area contributed by atoms with E-state index in [4.69, 9.17) is 11.6 Å². The van der Waals surface area contributed by atoms with Crippen LogP contribution < -0.4 is 5.32 Å². The standard InChI is InChI=1S/C16H13ClN4/c1-11-4-2-3-5-13(11)19-15-10-14(17)20-16(21-15)12-6-8-18-9-7-12/h2-10H,1H3,(H,19,20,21). The van der Waals surface area contributed by atoms with Gasteiger partial charge < -0.3 is 5.32 Å². The van der Waals surface area contributed by atoms with Crippen LogP contribution in [-0.4, -0.2) is 15.0 Å². The molecule has 104 valence electrons. The van der Waals surface area contributed by atoms with Gasteiger partial charge >= 0.3 is 0 Å². The van der Waals surface area contributed by atoms with Gasteiger partial charge in [-0.3, -0.25) is 4.98 Å². The van der Waals surface area contributed by atoms with Gasteiger partial charge in [0.05, 0.1) is 0 Å². The lowest BCUT2D eigenvalue weighted by atomic mass is 10.2. The van der Waals surface area contributed by atoms with E-state index in [-0.39, 0.29) is 0 Å². The Labute approximate surface area is 127 Å². The van der Waals surface area contributed by atoms with E-state index in [1.165, 1.54) is 0 Å². The topological polar surface area (TPSA) is 50.7 Å². The second kappa shape index (κ2) is 5.89. The molecule has 0 aliphatic carbocycles. The van der Waals surface area contributed by atoms with Gasteiger partial charge in [-0.2, -0.15) is 0 Å². The van der Waals surface area contributed by atoms with Crippen LogP contribution in [0.15, 0.2) is 54.9 Å². The van der Waals surface area contributed by atoms with Crippen molar-refractivity contribution >= 4 is 23.1 Å². The number of hydrogen-bond acceptors (Lipinski definition) is 4. The Bertz CT molecular complexity index is 759. The molecule has 0 atom stereocenters. The Morgan fingerprint density at radius 3 is 2.52 bits per heavy atom. The maximum atomic E-state index is 6.10. The van der Waals surface area contributed by atoms with Crippen molar-refractivity contribution in [1.29, 1.82) is 0 Å². The summed E-state index contributed by atoms with van der Waals surface area (Å²) in [6, 6.07) is 13.4. The van der Waals surface area contributed by atoms with Gasteiger partial charge in [0.15, 0.2) is 5.82 Å². The van der Waals surface area contributed by atoms with E-state index in [0.717, 1.165) is 16.8 Å². The Morgan fingerprint density at radius 1 is 1.00 bits per heavy atom. The number of aryl methyl sites for hydroxylation is 1. The molecule has 3 aromatic rings. The van der Waals surface area contributed by atoms with E-state index >= 15 is 0 Å². The van der Waals surface area contributed by atoms with Gasteiger partial charge in [-0.1, -0.05) is 29.8 Å². The molecule has 0 saturated carbocycles. The van der Waals surface area contributed by atoms with Gasteiger partial charge in [0.25, 0.3) is 0 Å². The van der Waals surface area contributed by atoms with Crippen LogP contribution in [0, 0.1) is 6.92 Å². The molecule has 0 spiro atoms. The molecule has 0 aliphatic heterocycles. The number of aromatic nitrogens is 3. The summed E-state index contributed by atoms with van der Waals surface area (Å²) in [4.78, 5) is 12.8. The smallest absolute Gasteiger partial charge is 0.163 e. The van der Waals surface area contributed by atoms with E-state index in [2.05, 4.69) is 20.3 Å². The summed E-state index contributed by atoms with van der Waals surface area (Å²) >= 11 is 6.10. The summed E-state index contributed by atoms with van der Waals surface area (Å²) in [5.74, 6) is 1.23. The highest BCUT2D eigenvalue weighted by atomic mass is 35.5. The molecule has 1 N–H and O–H groups in total. The fraction of sp³-hybridized carbons (Fsp3) is 0.0625. The molecule has 1 aromatic carbocycles. The minimum absolute atomic E-state index is 0.396. The van der Waals surface area contributed by atoms with Crippen molar-refractivity contribution in [3.63, 3.8) is 0 Å². The molecule has 0 aliphatic rings. The molecule has 0 fully saturated rings. The number of para-hydroxylation sites is 1. The maximum absolute atomic E-state index is 6.10. The molecule has 4 nitrogen and oxygen atoms in total. The molecule has 0 saturated heterocycles. The third kappa shape index (κ3) is 3.17. The Kier molecular flexibility index (Phi) is 3.79. The first-order valence-electron chi connectivity index (χ1n) is 6.50. The average molecular weight is 297 g/mol. The van der Waals surface area contributed by atoms with Gasteiger partial charge in [0.1, 0.15) is 11.0 Å². The Balaban J connectivity index is 1.97. The molecule has 3 rings (SSSR count). The summed E-state index contributed by atoms with van der Waals surface area (Å²) in [5.41, 5.74) is 3.01. The zero-order valence-corrected chi connectivity index (χ0v) is 12.2. The van der Waals surface area contributed by atoms with Crippen molar-refractivity contribution in [3.05, 3.63) is 65.6 Å². The first kappa shape index (κ1) is 13.5. The highest BCUT2D eigenvalue weighted by Crippen LogP contribution is 2.23. The van der Waals surface area contributed by atoms with Crippen LogP contribution in [0.1, 0.15) is 5.56 Å². The number of anilines is 2. The van der Waals surface area contributed by atoms with Crippen molar-refractivity contribution < 1.29 is 0 Å². The second-order valence-electron chi connectivity index (χ2n) is 4.58. The van der Waals surface area contributed by atoms with E-state index in [1.807, 2.05) is 43.3 Å². The van der Waals surface area contributed by atoms with Crippen LogP contribution in [0.25, 0.3) is 11.4 Å². The van der Waals surface area contributed by atoms with Gasteiger partial charge in [-0.15, -0.1) is 0 Å². The molecule has 0 unspecified atom stereocenters. The van der Waals surface area contributed by atoms with Crippen molar-refractivity contribution in [1.82, 2.24) is 15.0 Å². The largest absolute Gasteiger partial charge is 0.340 e. The predicted octanol–water partition coefficient (Wildman–Crippen LogP) is 4.24. The zero-order chi connectivity index (χ0) is 14.7. The van der Waals surface area contributed by atoms with Crippen LogP contribution in [0.3, 0.4) is 0 Å². The van der Waals surface area contributed by atoms with Crippen LogP contribution in [0.5, 0.6) is 0 Å². The minimum atomic E-state index is 0.396. The molecule has 2 aromatic heterocycles. The van der Waals surface area contributed by atoms with Crippen LogP contribution in [0.2, 0.25) is 5.15 Å². The van der Waals surface area contributed by atoms with Gasteiger partial charge in [-0.25, -0.2) is 9.97 Å². The number of nitrogens with zero attached hydrogens (tertiary/aromatic N) is 3. The molecule has 0 radical (unpaired) electrons. The Morgan fingerprint density at radius 2 is 1.76 bits per heavy atom. The number of hydrogen-bond donors (Lipinski definition) is 1. The maximum Gasteiger partial charge on any atom is 0.163 e. The van der Waals surface area contributed by atoms with E-state index in [9.17, 15) is 0 Å². The minimum Gasteiger partial charge on any atom is -0.340 e. The van der Waals surface area contributed by atoms with Crippen LogP contribution >= 0.6 is 11.6 Å². The van der Waals surface area contributed by atoms with Crippen molar-refractivity contribution in [2.24, 2.45) is 0 Å². The van der Waals surface area contributed by atoms with Crippen molar-refractivity contribution in [3.8, 4) is 11.4 Å². The van der Waals surface area contributed by atoms with Crippen LogP contribution in [0.4, 0.5) is 11.5 Å². The number of nitrogens with one attached hydrogen (secondary N) is 1. The number of rotatable bonds is 3. The highest BCUT2D eigenvalue weighted by Gasteiger charge is 2.07. The molecule has 5 heteroatoms. The summed E-state index contributed by atoms with van der Waals surface area (Å²) in [7, 11) is 0. The van der Waals surface area contributed by atoms with Crippen molar-refractivity contribution in [2.45, 2.75) is 6.92 Å². The third-order valence-electron chi connectivity index (χ3n) is 3.04. The molecule has 0 amide bonds. The second-order valence-corrected chi connectivity index (χ2v) is 4.96. The lowest BCUT2D eigenvalue weighted by Gasteiger charge is -2.10. The van der Waals surface area contributed by atoms with Gasteiger partial charge in [0.2, 0.25) is 0 Å². The average Bonchev–Trinajstić information content (AvgIpc) is 2.50. The SMILES string of the molecule is Cc1ccccc1Nc1cc(Cl)nc(-c2ccncc2)n1. The number of benzene rings is 1. The lowest BCUT2D eigenvalue weighted by Crippen LogP contribution is -1.99. The summed E-state index contributed by atoms with van der Waals surface area (Å²) in [5, 5.41) is 3.67. The molecular weight excluding hydrogens is 284 g/mol. The van der Waals surface area contributed by atoms with E-state index in [0.29, 0.717) is 16.8 Å². The highest BCUT2D eigenvalue weighted by molar-refractivity contribution is 6.29. The van der Waals surface area contributed by atoms with Crippen molar-refractivity contribution in [2.75, 3.05) is 5.32 Å². The monoisotopic (exact) mass is 296 g/mol. The molecule has 21 heavy (non-hydrogen) atoms. The van der Waals surface area contributed by atoms with E-state index < -0.39 is 0 Å². The summed E-state index contributed by atoms with van der Waals surface area (Å²) in [6.07, 6.45) is 3.40. The Hall–Kier alpha value is -2.46. The fourth-order valence-electron chi connectivity index (χ4n) is 1.96. The summed E-state index contributed by atoms with van der Waals surface area (Å²) in [6.45, 7) is 2.04. The van der Waals surface area contributed by atoms with E-state index in [1.54, 1.807) is 18.5 Å². The van der Waals surface area contributed by atoms with Gasteiger partial charge in [-0.05, 0) is 30.7 Å². The third-order valence-corrected chi connectivity index (χ3v) is 3.23. The first-order chi connectivity index (χ1) is 10.2. The number of pyridine rings is 1. The number of halogens is 1. The van der Waals surface area contributed by atoms with Gasteiger partial charge in [0, 0.05) is 29.7 Å². The first-order valence-corrected chi connectivity index (χ1v) is 6.88. The molecule has 0 bridgehead atoms. The fourth-order valence-corrected chi connectivity index (χ4v) is 2.15. The molecule has 2 heterocycles. The van der Waals surface area contributed by atoms with Crippen LogP contribution in [-0.2, 0) is 0 Å². The normalized spacial score (nSPS) is 10.4. The quantitative estimate of drug-likeness (QED) is 0.734. The summed E-state index contributed by atoms with van der Waals surface area (Å²) < 4.78 is 0. The predicted molar refractivity (Wildman–Crippen MR) is 84.7 cm³/mol.